The van der Waals surface area contributed by atoms with Crippen LogP contribution in [0.2, 0.25) is 0 Å². The molecule has 1 aromatic rings. The minimum atomic E-state index is 0.666. The van der Waals surface area contributed by atoms with Crippen molar-refractivity contribution in [2.24, 2.45) is 5.92 Å². The molecule has 0 aliphatic carbocycles. The van der Waals surface area contributed by atoms with Crippen LogP contribution in [0.4, 0.5) is 0 Å². The minimum absolute atomic E-state index is 0.666. The summed E-state index contributed by atoms with van der Waals surface area (Å²) < 4.78 is 0. The van der Waals surface area contributed by atoms with E-state index in [2.05, 4.69) is 54.4 Å². The largest absolute Gasteiger partial charge is 0.317 e. The fraction of sp³-hybridized carbons (Fsp3) is 0.625. The van der Waals surface area contributed by atoms with Crippen LogP contribution in [0.3, 0.4) is 0 Å². The van der Waals surface area contributed by atoms with Gasteiger partial charge in [0.1, 0.15) is 0 Å². The molecule has 100 valence electrons. The van der Waals surface area contributed by atoms with Crippen LogP contribution in [0.25, 0.3) is 0 Å². The first kappa shape index (κ1) is 13.6. The highest BCUT2D eigenvalue weighted by Crippen LogP contribution is 2.19. The van der Waals surface area contributed by atoms with Gasteiger partial charge < -0.3 is 5.32 Å². The van der Waals surface area contributed by atoms with Crippen molar-refractivity contribution in [3.63, 3.8) is 0 Å². The summed E-state index contributed by atoms with van der Waals surface area (Å²) in [6.45, 7) is 9.36. The van der Waals surface area contributed by atoms with Gasteiger partial charge in [-0.1, -0.05) is 37.3 Å². The summed E-state index contributed by atoms with van der Waals surface area (Å²) in [6, 6.07) is 11.5. The second kappa shape index (κ2) is 6.91. The van der Waals surface area contributed by atoms with Crippen molar-refractivity contribution in [1.82, 2.24) is 10.2 Å². The average Bonchev–Trinajstić information content (AvgIpc) is 2.86. The maximum Gasteiger partial charge on any atom is 0.0107 e. The standard InChI is InChI=1S/C16H26N2/c1-3-17-12-16-9-10-18(13-16)14(2)11-15-7-5-4-6-8-15/h4-8,14,16-17H,3,9-13H2,1-2H3. The van der Waals surface area contributed by atoms with E-state index in [1.165, 1.54) is 38.0 Å². The third-order valence-electron chi connectivity index (χ3n) is 4.00. The Balaban J connectivity index is 1.78. The number of hydrogen-bond donors (Lipinski definition) is 1. The molecule has 1 N–H and O–H groups in total. The first-order valence-electron chi connectivity index (χ1n) is 7.28. The van der Waals surface area contributed by atoms with Crippen LogP contribution in [0.5, 0.6) is 0 Å². The average molecular weight is 246 g/mol. The fourth-order valence-electron chi connectivity index (χ4n) is 2.86. The van der Waals surface area contributed by atoms with Gasteiger partial charge in [0.15, 0.2) is 0 Å². The van der Waals surface area contributed by atoms with E-state index in [1.54, 1.807) is 0 Å². The zero-order chi connectivity index (χ0) is 12.8. The van der Waals surface area contributed by atoms with Gasteiger partial charge >= 0.3 is 0 Å². The van der Waals surface area contributed by atoms with Crippen molar-refractivity contribution in [3.05, 3.63) is 35.9 Å². The molecule has 2 unspecified atom stereocenters. The Morgan fingerprint density at radius 1 is 1.33 bits per heavy atom. The van der Waals surface area contributed by atoms with E-state index in [-0.39, 0.29) is 0 Å². The normalized spacial score (nSPS) is 22.2. The lowest BCUT2D eigenvalue weighted by Gasteiger charge is -2.24. The molecule has 0 spiro atoms. The summed E-state index contributed by atoms with van der Waals surface area (Å²) in [4.78, 5) is 2.65. The summed E-state index contributed by atoms with van der Waals surface area (Å²) >= 11 is 0. The fourth-order valence-corrected chi connectivity index (χ4v) is 2.86. The maximum absolute atomic E-state index is 3.47. The molecule has 1 aromatic carbocycles. The molecule has 2 atom stereocenters. The third-order valence-corrected chi connectivity index (χ3v) is 4.00. The number of rotatable bonds is 6. The molecule has 0 saturated carbocycles. The predicted octanol–water partition coefficient (Wildman–Crippen LogP) is 2.55. The van der Waals surface area contributed by atoms with Gasteiger partial charge in [-0.15, -0.1) is 0 Å². The molecule has 1 aliphatic heterocycles. The van der Waals surface area contributed by atoms with Crippen LogP contribution in [0.1, 0.15) is 25.8 Å². The molecule has 0 radical (unpaired) electrons. The summed E-state index contributed by atoms with van der Waals surface area (Å²) in [5.41, 5.74) is 1.46. The van der Waals surface area contributed by atoms with Crippen LogP contribution in [-0.4, -0.2) is 37.1 Å². The number of benzene rings is 1. The molecule has 2 heteroatoms. The van der Waals surface area contributed by atoms with Gasteiger partial charge in [-0.3, -0.25) is 4.90 Å². The Labute approximate surface area is 111 Å². The number of nitrogens with one attached hydrogen (secondary N) is 1. The molecule has 1 fully saturated rings. The van der Waals surface area contributed by atoms with Crippen LogP contribution >= 0.6 is 0 Å². The van der Waals surface area contributed by atoms with E-state index in [9.17, 15) is 0 Å². The molecule has 0 amide bonds. The van der Waals surface area contributed by atoms with Gasteiger partial charge in [0, 0.05) is 12.6 Å². The zero-order valence-corrected chi connectivity index (χ0v) is 11.7. The van der Waals surface area contributed by atoms with E-state index < -0.39 is 0 Å². The molecule has 1 aliphatic rings. The molecular weight excluding hydrogens is 220 g/mol. The number of nitrogens with zero attached hydrogens (tertiary/aromatic N) is 1. The second-order valence-electron chi connectivity index (χ2n) is 5.50. The number of hydrogen-bond acceptors (Lipinski definition) is 2. The molecule has 1 saturated heterocycles. The molecule has 0 bridgehead atoms. The van der Waals surface area contributed by atoms with Crippen LogP contribution in [-0.2, 0) is 6.42 Å². The van der Waals surface area contributed by atoms with Gasteiger partial charge in [0.2, 0.25) is 0 Å². The minimum Gasteiger partial charge on any atom is -0.317 e. The van der Waals surface area contributed by atoms with Crippen molar-refractivity contribution < 1.29 is 0 Å². The predicted molar refractivity (Wildman–Crippen MR) is 77.8 cm³/mol. The Hall–Kier alpha value is -0.860. The lowest BCUT2D eigenvalue weighted by atomic mass is 10.1. The molecular formula is C16H26N2. The topological polar surface area (TPSA) is 15.3 Å². The lowest BCUT2D eigenvalue weighted by Crippen LogP contribution is -2.34. The summed E-state index contributed by atoms with van der Waals surface area (Å²) in [5, 5.41) is 3.47. The molecule has 2 rings (SSSR count). The first-order valence-corrected chi connectivity index (χ1v) is 7.28. The molecule has 0 aromatic heterocycles. The van der Waals surface area contributed by atoms with Crippen molar-refractivity contribution in [2.45, 2.75) is 32.7 Å². The highest BCUT2D eigenvalue weighted by molar-refractivity contribution is 5.15. The molecule has 1 heterocycles. The maximum atomic E-state index is 3.47. The first-order chi connectivity index (χ1) is 8.79. The lowest BCUT2D eigenvalue weighted by molar-refractivity contribution is 0.247. The Kier molecular flexibility index (Phi) is 5.21. The van der Waals surface area contributed by atoms with Crippen molar-refractivity contribution in [1.29, 1.82) is 0 Å². The van der Waals surface area contributed by atoms with Gasteiger partial charge in [-0.05, 0) is 50.9 Å². The van der Waals surface area contributed by atoms with E-state index in [0.29, 0.717) is 6.04 Å². The second-order valence-corrected chi connectivity index (χ2v) is 5.50. The highest BCUT2D eigenvalue weighted by atomic mass is 15.2. The summed E-state index contributed by atoms with van der Waals surface area (Å²) in [7, 11) is 0. The Morgan fingerprint density at radius 3 is 2.83 bits per heavy atom. The van der Waals surface area contributed by atoms with Gasteiger partial charge in [0.25, 0.3) is 0 Å². The monoisotopic (exact) mass is 246 g/mol. The van der Waals surface area contributed by atoms with E-state index in [1.807, 2.05) is 0 Å². The Morgan fingerprint density at radius 2 is 2.11 bits per heavy atom. The van der Waals surface area contributed by atoms with Gasteiger partial charge in [-0.25, -0.2) is 0 Å². The van der Waals surface area contributed by atoms with Gasteiger partial charge in [-0.2, -0.15) is 0 Å². The molecule has 18 heavy (non-hydrogen) atoms. The van der Waals surface area contributed by atoms with E-state index in [4.69, 9.17) is 0 Å². The quantitative estimate of drug-likeness (QED) is 0.830. The van der Waals surface area contributed by atoms with Crippen molar-refractivity contribution in [2.75, 3.05) is 26.2 Å². The Bertz CT molecular complexity index is 336. The SMILES string of the molecule is CCNCC1CCN(C(C)Cc2ccccc2)C1. The van der Waals surface area contributed by atoms with Crippen LogP contribution in [0.15, 0.2) is 30.3 Å². The summed E-state index contributed by atoms with van der Waals surface area (Å²) in [6.07, 6.45) is 2.53. The van der Waals surface area contributed by atoms with Crippen LogP contribution < -0.4 is 5.32 Å². The van der Waals surface area contributed by atoms with Gasteiger partial charge in [0.05, 0.1) is 0 Å². The smallest absolute Gasteiger partial charge is 0.0107 e. The van der Waals surface area contributed by atoms with Crippen LogP contribution in [0, 0.1) is 5.92 Å². The van der Waals surface area contributed by atoms with Crippen molar-refractivity contribution >= 4 is 0 Å². The van der Waals surface area contributed by atoms with Crippen molar-refractivity contribution in [3.8, 4) is 0 Å². The van der Waals surface area contributed by atoms with E-state index in [0.717, 1.165) is 12.5 Å². The number of likely N-dealkylation sites (tertiary alicyclic amines) is 1. The zero-order valence-electron chi connectivity index (χ0n) is 11.7. The highest BCUT2D eigenvalue weighted by Gasteiger charge is 2.25. The summed E-state index contributed by atoms with van der Waals surface area (Å²) in [5.74, 6) is 0.850. The third kappa shape index (κ3) is 3.82. The molecule has 2 nitrogen and oxygen atoms in total. The van der Waals surface area contributed by atoms with E-state index >= 15 is 0 Å².